The van der Waals surface area contributed by atoms with E-state index in [1.807, 2.05) is 11.0 Å². The molecule has 1 saturated heterocycles. The maximum Gasteiger partial charge on any atom is 0.241 e. The van der Waals surface area contributed by atoms with Gasteiger partial charge in [-0.25, -0.2) is 0 Å². The molecule has 20 heavy (non-hydrogen) atoms. The Morgan fingerprint density at radius 1 is 1.30 bits per heavy atom. The van der Waals surface area contributed by atoms with Crippen LogP contribution in [0.25, 0.3) is 0 Å². The van der Waals surface area contributed by atoms with Crippen molar-refractivity contribution in [2.24, 2.45) is 0 Å². The molecule has 1 heterocycles. The number of ether oxygens (including phenoxy) is 1. The van der Waals surface area contributed by atoms with Crippen molar-refractivity contribution >= 4 is 21.7 Å². The second-order valence-corrected chi connectivity index (χ2v) is 5.62. The fraction of sp³-hybridized carbons (Fsp3) is 0.400. The van der Waals surface area contributed by atoms with Crippen LogP contribution < -0.4 is 4.74 Å². The fourth-order valence-electron chi connectivity index (χ4n) is 1.97. The van der Waals surface area contributed by atoms with Crippen LogP contribution in [0.2, 0.25) is 0 Å². The van der Waals surface area contributed by atoms with Gasteiger partial charge in [-0.05, 0) is 25.2 Å². The Bertz CT molecular complexity index is 555. The van der Waals surface area contributed by atoms with E-state index in [1.54, 1.807) is 19.2 Å². The van der Waals surface area contributed by atoms with Gasteiger partial charge in [0.1, 0.15) is 5.75 Å². The predicted molar refractivity (Wildman–Crippen MR) is 81.9 cm³/mol. The number of halogens is 1. The molecule has 0 aliphatic carbocycles. The van der Waals surface area contributed by atoms with Gasteiger partial charge >= 0.3 is 0 Å². The number of piperazine rings is 1. The van der Waals surface area contributed by atoms with Gasteiger partial charge in [0, 0.05) is 42.6 Å². The monoisotopic (exact) mass is 336 g/mol. The van der Waals surface area contributed by atoms with Crippen molar-refractivity contribution in [1.29, 1.82) is 0 Å². The zero-order valence-corrected chi connectivity index (χ0v) is 13.2. The van der Waals surface area contributed by atoms with E-state index in [0.717, 1.165) is 30.7 Å². The SMILES string of the molecule is COc1ccc(Br)cc1C(=O)C#CN1CCN(C)CC1. The highest BCUT2D eigenvalue weighted by atomic mass is 79.9. The highest BCUT2D eigenvalue weighted by Gasteiger charge is 2.13. The minimum atomic E-state index is -0.220. The molecule has 0 unspecified atom stereocenters. The van der Waals surface area contributed by atoms with Crippen LogP contribution in [-0.2, 0) is 0 Å². The van der Waals surface area contributed by atoms with E-state index in [4.69, 9.17) is 4.74 Å². The van der Waals surface area contributed by atoms with Crippen molar-refractivity contribution in [2.45, 2.75) is 0 Å². The first kappa shape index (κ1) is 14.9. The fourth-order valence-corrected chi connectivity index (χ4v) is 2.33. The summed E-state index contributed by atoms with van der Waals surface area (Å²) in [7, 11) is 3.64. The normalized spacial score (nSPS) is 15.4. The molecule has 1 aromatic rings. The largest absolute Gasteiger partial charge is 0.496 e. The number of rotatable bonds is 2. The van der Waals surface area contributed by atoms with Crippen LogP contribution in [0, 0.1) is 12.0 Å². The molecule has 1 aliphatic heterocycles. The summed E-state index contributed by atoms with van der Waals surface area (Å²) in [4.78, 5) is 16.4. The number of nitrogens with zero attached hydrogens (tertiary/aromatic N) is 2. The Hall–Kier alpha value is -1.51. The van der Waals surface area contributed by atoms with Crippen molar-refractivity contribution in [3.05, 3.63) is 28.2 Å². The van der Waals surface area contributed by atoms with E-state index in [1.165, 1.54) is 0 Å². The Kier molecular flexibility index (Phi) is 5.05. The summed E-state index contributed by atoms with van der Waals surface area (Å²) >= 11 is 3.36. The van der Waals surface area contributed by atoms with Crippen molar-refractivity contribution < 1.29 is 9.53 Å². The van der Waals surface area contributed by atoms with Crippen LogP contribution in [-0.4, -0.2) is 55.9 Å². The van der Waals surface area contributed by atoms with Crippen LogP contribution in [0.4, 0.5) is 0 Å². The van der Waals surface area contributed by atoms with Crippen molar-refractivity contribution in [1.82, 2.24) is 9.80 Å². The van der Waals surface area contributed by atoms with E-state index in [9.17, 15) is 4.79 Å². The predicted octanol–water partition coefficient (Wildman–Crippen LogP) is 1.85. The van der Waals surface area contributed by atoms with Crippen molar-refractivity contribution in [2.75, 3.05) is 40.3 Å². The minimum absolute atomic E-state index is 0.220. The van der Waals surface area contributed by atoms with Gasteiger partial charge in [0.15, 0.2) is 0 Å². The van der Waals surface area contributed by atoms with Gasteiger partial charge in [-0.15, -0.1) is 0 Å². The molecule has 4 nitrogen and oxygen atoms in total. The van der Waals surface area contributed by atoms with Crippen molar-refractivity contribution in [3.8, 4) is 17.7 Å². The quantitative estimate of drug-likeness (QED) is 0.609. The maximum atomic E-state index is 12.2. The first-order chi connectivity index (χ1) is 9.60. The molecular weight excluding hydrogens is 320 g/mol. The molecule has 1 aromatic carbocycles. The third-order valence-corrected chi connectivity index (χ3v) is 3.73. The third kappa shape index (κ3) is 3.75. The number of benzene rings is 1. The molecule has 0 aromatic heterocycles. The summed E-state index contributed by atoms with van der Waals surface area (Å²) in [5, 5.41) is 0. The highest BCUT2D eigenvalue weighted by molar-refractivity contribution is 9.10. The van der Waals surface area contributed by atoms with Crippen LogP contribution in [0.5, 0.6) is 5.75 Å². The summed E-state index contributed by atoms with van der Waals surface area (Å²) in [5.41, 5.74) is 0.489. The first-order valence-corrected chi connectivity index (χ1v) is 7.22. The summed E-state index contributed by atoms with van der Waals surface area (Å²) < 4.78 is 6.03. The molecule has 2 rings (SSSR count). The van der Waals surface area contributed by atoms with E-state index in [-0.39, 0.29) is 5.78 Å². The number of ketones is 1. The average Bonchev–Trinajstić information content (AvgIpc) is 2.46. The zero-order valence-electron chi connectivity index (χ0n) is 11.6. The highest BCUT2D eigenvalue weighted by Crippen LogP contribution is 2.23. The molecule has 0 amide bonds. The molecule has 1 fully saturated rings. The molecule has 0 bridgehead atoms. The Morgan fingerprint density at radius 3 is 2.65 bits per heavy atom. The summed E-state index contributed by atoms with van der Waals surface area (Å²) in [5.74, 6) is 3.03. The van der Waals surface area contributed by atoms with Gasteiger partial charge in [-0.2, -0.15) is 0 Å². The minimum Gasteiger partial charge on any atom is -0.496 e. The first-order valence-electron chi connectivity index (χ1n) is 6.43. The van der Waals surface area contributed by atoms with Gasteiger partial charge in [0.2, 0.25) is 5.78 Å². The second kappa shape index (κ2) is 6.78. The Labute approximate surface area is 127 Å². The van der Waals surface area contributed by atoms with Crippen molar-refractivity contribution in [3.63, 3.8) is 0 Å². The molecule has 0 radical (unpaired) electrons. The van der Waals surface area contributed by atoms with Crippen LogP contribution >= 0.6 is 15.9 Å². The van der Waals surface area contributed by atoms with Gasteiger partial charge in [-0.1, -0.05) is 15.9 Å². The smallest absolute Gasteiger partial charge is 0.241 e. The number of carbonyl (C=O) groups excluding carboxylic acids is 1. The summed E-state index contributed by atoms with van der Waals surface area (Å²) in [6.45, 7) is 3.69. The average molecular weight is 337 g/mol. The van der Waals surface area contributed by atoms with Gasteiger partial charge in [-0.3, -0.25) is 4.79 Å². The third-order valence-electron chi connectivity index (χ3n) is 3.24. The van der Waals surface area contributed by atoms with Gasteiger partial charge < -0.3 is 14.5 Å². The Morgan fingerprint density at radius 2 is 2.00 bits per heavy atom. The molecular formula is C15H17BrN2O2. The lowest BCUT2D eigenvalue weighted by molar-refractivity contribution is 0.105. The number of likely N-dealkylation sites (N-methyl/N-ethyl adjacent to an activating group) is 1. The number of methoxy groups -OCH3 is 1. The molecule has 106 valence electrons. The maximum absolute atomic E-state index is 12.2. The topological polar surface area (TPSA) is 32.8 Å². The van der Waals surface area contributed by atoms with E-state index < -0.39 is 0 Å². The Balaban J connectivity index is 2.11. The number of hydrogen-bond acceptors (Lipinski definition) is 4. The lowest BCUT2D eigenvalue weighted by Crippen LogP contribution is -2.42. The standard InChI is InChI=1S/C15H17BrN2O2/c1-17-7-9-18(10-8-17)6-5-14(19)13-11-12(16)3-4-15(13)20-2/h3-4,11H,7-10H2,1-2H3. The number of hydrogen-bond donors (Lipinski definition) is 0. The van der Waals surface area contributed by atoms with Gasteiger partial charge in [0.05, 0.1) is 12.7 Å². The molecule has 0 atom stereocenters. The molecule has 5 heteroatoms. The number of carbonyl (C=O) groups is 1. The van der Waals surface area contributed by atoms with E-state index in [2.05, 4.69) is 39.8 Å². The van der Waals surface area contributed by atoms with Crippen LogP contribution in [0.15, 0.2) is 22.7 Å². The van der Waals surface area contributed by atoms with Gasteiger partial charge in [0.25, 0.3) is 0 Å². The molecule has 0 saturated carbocycles. The molecule has 0 N–H and O–H groups in total. The zero-order chi connectivity index (χ0) is 14.5. The number of Topliss-reactive ketones (excluding diaryl/α,β-unsaturated/α-hetero) is 1. The molecule has 1 aliphatic rings. The summed E-state index contributed by atoms with van der Waals surface area (Å²) in [6.07, 6.45) is 0. The van der Waals surface area contributed by atoms with Crippen LogP contribution in [0.1, 0.15) is 10.4 Å². The van der Waals surface area contributed by atoms with E-state index >= 15 is 0 Å². The van der Waals surface area contributed by atoms with Crippen LogP contribution in [0.3, 0.4) is 0 Å². The van der Waals surface area contributed by atoms with E-state index in [0.29, 0.717) is 11.3 Å². The molecule has 0 spiro atoms. The lowest BCUT2D eigenvalue weighted by Gasteiger charge is -2.29. The lowest BCUT2D eigenvalue weighted by atomic mass is 10.1. The second-order valence-electron chi connectivity index (χ2n) is 4.70. The summed E-state index contributed by atoms with van der Waals surface area (Å²) in [6, 6.07) is 8.28.